The molecule has 0 aromatic rings. The minimum Gasteiger partial charge on any atom is -0.337 e. The van der Waals surface area contributed by atoms with Crippen molar-refractivity contribution >= 4 is 6.03 Å². The third-order valence-electron chi connectivity index (χ3n) is 1.75. The highest BCUT2D eigenvalue weighted by molar-refractivity contribution is 5.73. The van der Waals surface area contributed by atoms with Crippen LogP contribution >= 0.6 is 0 Å². The van der Waals surface area contributed by atoms with E-state index in [2.05, 4.69) is 5.32 Å². The van der Waals surface area contributed by atoms with Gasteiger partial charge in [0.05, 0.1) is 0 Å². The summed E-state index contributed by atoms with van der Waals surface area (Å²) in [5.74, 6) is 0.384. The van der Waals surface area contributed by atoms with Crippen LogP contribution in [0.1, 0.15) is 20.3 Å². The molecule has 16 heavy (non-hydrogen) atoms. The number of carbonyl (C=O) groups excluding carboxylic acids is 1. The number of urea groups is 1. The van der Waals surface area contributed by atoms with Crippen LogP contribution in [0.5, 0.6) is 0 Å². The number of carbonyl (C=O) groups is 1. The monoisotopic (exact) mass is 241 g/mol. The van der Waals surface area contributed by atoms with Crippen molar-refractivity contribution in [1.82, 2.24) is 10.6 Å². The van der Waals surface area contributed by atoms with E-state index < -0.39 is 18.8 Å². The molecule has 0 aliphatic rings. The molecule has 0 aliphatic heterocycles. The van der Waals surface area contributed by atoms with Gasteiger partial charge in [0.2, 0.25) is 0 Å². The average Bonchev–Trinajstić information content (AvgIpc) is 2.09. The van der Waals surface area contributed by atoms with Gasteiger partial charge in [-0.05, 0) is 12.3 Å². The Labute approximate surface area is 92.8 Å². The fourth-order valence-electron chi connectivity index (χ4n) is 1.16. The SMILES string of the molecule is CC(C)CC(N)CNC(=O)NCC(F)(F)F. The summed E-state index contributed by atoms with van der Waals surface area (Å²) in [5.41, 5.74) is 5.64. The molecule has 2 amide bonds. The van der Waals surface area contributed by atoms with Crippen LogP contribution in [0.4, 0.5) is 18.0 Å². The van der Waals surface area contributed by atoms with Gasteiger partial charge in [-0.25, -0.2) is 4.79 Å². The van der Waals surface area contributed by atoms with Gasteiger partial charge in [-0.3, -0.25) is 0 Å². The molecular weight excluding hydrogens is 223 g/mol. The van der Waals surface area contributed by atoms with E-state index in [1.165, 1.54) is 0 Å². The molecule has 0 fully saturated rings. The zero-order valence-corrected chi connectivity index (χ0v) is 9.40. The van der Waals surface area contributed by atoms with Gasteiger partial charge in [0.1, 0.15) is 6.54 Å². The topological polar surface area (TPSA) is 67.1 Å². The number of rotatable bonds is 5. The largest absolute Gasteiger partial charge is 0.405 e. The highest BCUT2D eigenvalue weighted by Crippen LogP contribution is 2.11. The van der Waals surface area contributed by atoms with Gasteiger partial charge in [-0.1, -0.05) is 13.8 Å². The first-order valence-corrected chi connectivity index (χ1v) is 5.04. The number of hydrogen-bond donors (Lipinski definition) is 3. The fourth-order valence-corrected chi connectivity index (χ4v) is 1.16. The summed E-state index contributed by atoms with van der Waals surface area (Å²) in [5, 5.41) is 3.99. The van der Waals surface area contributed by atoms with Crippen molar-refractivity contribution in [3.63, 3.8) is 0 Å². The molecule has 4 nitrogen and oxygen atoms in total. The molecule has 0 heterocycles. The smallest absolute Gasteiger partial charge is 0.337 e. The quantitative estimate of drug-likeness (QED) is 0.677. The molecule has 96 valence electrons. The predicted octanol–water partition coefficient (Wildman–Crippen LogP) is 1.22. The average molecular weight is 241 g/mol. The molecule has 0 aromatic heterocycles. The molecule has 0 rings (SSSR count). The van der Waals surface area contributed by atoms with Gasteiger partial charge in [-0.2, -0.15) is 13.2 Å². The first-order valence-electron chi connectivity index (χ1n) is 5.04. The van der Waals surface area contributed by atoms with Gasteiger partial charge in [-0.15, -0.1) is 0 Å². The van der Waals surface area contributed by atoms with Crippen LogP contribution in [-0.4, -0.2) is 31.3 Å². The number of halogens is 3. The molecule has 0 saturated carbocycles. The Balaban J connectivity index is 3.65. The van der Waals surface area contributed by atoms with E-state index in [0.717, 1.165) is 0 Å². The summed E-state index contributed by atoms with van der Waals surface area (Å²) in [7, 11) is 0. The van der Waals surface area contributed by atoms with Crippen LogP contribution in [-0.2, 0) is 0 Å². The second kappa shape index (κ2) is 6.57. The normalized spacial score (nSPS) is 13.7. The molecule has 0 radical (unpaired) electrons. The summed E-state index contributed by atoms with van der Waals surface area (Å²) in [4.78, 5) is 10.9. The first-order chi connectivity index (χ1) is 7.20. The fraction of sp³-hybridized carbons (Fsp3) is 0.889. The van der Waals surface area contributed by atoms with E-state index in [1.54, 1.807) is 5.32 Å². The number of nitrogens with one attached hydrogen (secondary N) is 2. The Morgan fingerprint density at radius 1 is 1.31 bits per heavy atom. The van der Waals surface area contributed by atoms with Crippen molar-refractivity contribution in [3.05, 3.63) is 0 Å². The van der Waals surface area contributed by atoms with Crippen LogP contribution in [0.25, 0.3) is 0 Å². The van der Waals surface area contributed by atoms with Crippen LogP contribution in [0, 0.1) is 5.92 Å². The third-order valence-corrected chi connectivity index (χ3v) is 1.75. The third kappa shape index (κ3) is 9.57. The lowest BCUT2D eigenvalue weighted by atomic mass is 10.0. The highest BCUT2D eigenvalue weighted by atomic mass is 19.4. The van der Waals surface area contributed by atoms with Crippen molar-refractivity contribution in [3.8, 4) is 0 Å². The van der Waals surface area contributed by atoms with Crippen molar-refractivity contribution in [2.45, 2.75) is 32.5 Å². The zero-order valence-electron chi connectivity index (χ0n) is 9.40. The Hall–Kier alpha value is -0.980. The standard InChI is InChI=1S/C9H18F3N3O/c1-6(2)3-7(13)4-14-8(16)15-5-9(10,11)12/h6-7H,3-5,13H2,1-2H3,(H2,14,15,16). The molecule has 1 atom stereocenters. The lowest BCUT2D eigenvalue weighted by molar-refractivity contribution is -0.122. The van der Waals surface area contributed by atoms with Gasteiger partial charge in [0, 0.05) is 12.6 Å². The Morgan fingerprint density at radius 3 is 2.31 bits per heavy atom. The van der Waals surface area contributed by atoms with Gasteiger partial charge in [0.25, 0.3) is 0 Å². The van der Waals surface area contributed by atoms with Crippen LogP contribution in [0.15, 0.2) is 0 Å². The lowest BCUT2D eigenvalue weighted by Gasteiger charge is -2.15. The maximum atomic E-state index is 11.7. The van der Waals surface area contributed by atoms with E-state index in [4.69, 9.17) is 5.73 Å². The maximum Gasteiger partial charge on any atom is 0.405 e. The summed E-state index contributed by atoms with van der Waals surface area (Å²) in [6, 6.07) is -1.09. The van der Waals surface area contributed by atoms with Gasteiger partial charge < -0.3 is 16.4 Å². The van der Waals surface area contributed by atoms with E-state index in [-0.39, 0.29) is 12.6 Å². The van der Waals surface area contributed by atoms with Crippen molar-refractivity contribution in [1.29, 1.82) is 0 Å². The molecule has 0 bridgehead atoms. The molecule has 4 N–H and O–H groups in total. The Morgan fingerprint density at radius 2 is 1.88 bits per heavy atom. The Bertz CT molecular complexity index is 219. The minimum atomic E-state index is -4.39. The lowest BCUT2D eigenvalue weighted by Crippen LogP contribution is -2.45. The molecule has 0 aromatic carbocycles. The Kier molecular flexibility index (Phi) is 6.17. The van der Waals surface area contributed by atoms with Crippen LogP contribution < -0.4 is 16.4 Å². The maximum absolute atomic E-state index is 11.7. The minimum absolute atomic E-state index is 0.169. The molecule has 0 aliphatic carbocycles. The number of amides is 2. The zero-order chi connectivity index (χ0) is 12.8. The summed E-state index contributed by atoms with van der Waals surface area (Å²) in [6.45, 7) is 2.79. The molecule has 0 spiro atoms. The summed E-state index contributed by atoms with van der Waals surface area (Å²) < 4.78 is 35.2. The van der Waals surface area contributed by atoms with E-state index in [0.29, 0.717) is 12.3 Å². The van der Waals surface area contributed by atoms with Crippen LogP contribution in [0.3, 0.4) is 0 Å². The second-order valence-corrected chi connectivity index (χ2v) is 4.07. The van der Waals surface area contributed by atoms with E-state index in [1.807, 2.05) is 13.8 Å². The van der Waals surface area contributed by atoms with Crippen molar-refractivity contribution in [2.24, 2.45) is 11.7 Å². The molecule has 7 heteroatoms. The molecular formula is C9H18F3N3O. The van der Waals surface area contributed by atoms with Crippen molar-refractivity contribution in [2.75, 3.05) is 13.1 Å². The van der Waals surface area contributed by atoms with Gasteiger partial charge >= 0.3 is 12.2 Å². The van der Waals surface area contributed by atoms with E-state index in [9.17, 15) is 18.0 Å². The van der Waals surface area contributed by atoms with Crippen molar-refractivity contribution < 1.29 is 18.0 Å². The summed E-state index contributed by atoms with van der Waals surface area (Å²) >= 11 is 0. The number of nitrogens with two attached hydrogens (primary N) is 1. The highest BCUT2D eigenvalue weighted by Gasteiger charge is 2.27. The first kappa shape index (κ1) is 15.0. The molecule has 1 unspecified atom stereocenters. The second-order valence-electron chi connectivity index (χ2n) is 4.07. The van der Waals surface area contributed by atoms with Gasteiger partial charge in [0.15, 0.2) is 0 Å². The van der Waals surface area contributed by atoms with Crippen LogP contribution in [0.2, 0.25) is 0 Å². The summed E-state index contributed by atoms with van der Waals surface area (Å²) in [6.07, 6.45) is -3.68. The molecule has 0 saturated heterocycles. The number of alkyl halides is 3. The van der Waals surface area contributed by atoms with E-state index >= 15 is 0 Å². The number of hydrogen-bond acceptors (Lipinski definition) is 2. The predicted molar refractivity (Wildman–Crippen MR) is 54.9 cm³/mol.